The van der Waals surface area contributed by atoms with Crippen molar-refractivity contribution in [1.82, 2.24) is 10.2 Å². The lowest BCUT2D eigenvalue weighted by molar-refractivity contribution is 0.215. The first-order valence-electron chi connectivity index (χ1n) is 10.6. The van der Waals surface area contributed by atoms with E-state index in [1.54, 1.807) is 0 Å². The molecular formula is C22H41N3. The fourth-order valence-corrected chi connectivity index (χ4v) is 3.42. The lowest BCUT2D eigenvalue weighted by Gasteiger charge is -2.35. The molecule has 0 aromatic heterocycles. The topological polar surface area (TPSA) is 18.5 Å². The molecule has 25 heavy (non-hydrogen) atoms. The molecule has 144 valence electrons. The third kappa shape index (κ3) is 8.73. The molecular weight excluding hydrogens is 306 g/mol. The Balaban J connectivity index is 0.000000567. The summed E-state index contributed by atoms with van der Waals surface area (Å²) in [4.78, 5) is 5.17. The van der Waals surface area contributed by atoms with Crippen molar-refractivity contribution in [2.24, 2.45) is 5.92 Å². The highest BCUT2D eigenvalue weighted by Gasteiger charge is 2.20. The fraction of sp³-hybridized carbons (Fsp3) is 0.727. The normalized spacial score (nSPS) is 18.6. The highest BCUT2D eigenvalue weighted by Crippen LogP contribution is 2.25. The zero-order valence-electron chi connectivity index (χ0n) is 17.1. The summed E-state index contributed by atoms with van der Waals surface area (Å²) >= 11 is 0. The highest BCUT2D eigenvalue weighted by atomic mass is 15.2. The molecule has 2 heterocycles. The summed E-state index contributed by atoms with van der Waals surface area (Å²) in [5.41, 5.74) is 1.40. The van der Waals surface area contributed by atoms with Crippen molar-refractivity contribution in [1.29, 1.82) is 0 Å². The van der Waals surface area contributed by atoms with Gasteiger partial charge in [0.25, 0.3) is 0 Å². The van der Waals surface area contributed by atoms with Crippen LogP contribution in [-0.4, -0.2) is 50.7 Å². The third-order valence-corrected chi connectivity index (χ3v) is 4.80. The standard InChI is InChI=1S/C17H27N3.C3H8.C2H6/c1-2-4-17(5-3-1)20-12-7-16(8-13-20)6-11-19-14-9-18-10-15-19;1-3-2;1-2/h1-5,16,18H,6-15H2;3H2,1-2H3;1-2H3. The third-order valence-electron chi connectivity index (χ3n) is 4.80. The number of hydrogen-bond acceptors (Lipinski definition) is 3. The van der Waals surface area contributed by atoms with Crippen LogP contribution in [0.25, 0.3) is 0 Å². The molecule has 3 nitrogen and oxygen atoms in total. The quantitative estimate of drug-likeness (QED) is 0.856. The molecule has 2 saturated heterocycles. The maximum absolute atomic E-state index is 3.43. The molecule has 1 N–H and O–H groups in total. The van der Waals surface area contributed by atoms with Crippen LogP contribution in [0.3, 0.4) is 0 Å². The van der Waals surface area contributed by atoms with E-state index in [9.17, 15) is 0 Å². The summed E-state index contributed by atoms with van der Waals surface area (Å²) in [6.07, 6.45) is 5.37. The smallest absolute Gasteiger partial charge is 0.0366 e. The van der Waals surface area contributed by atoms with Crippen LogP contribution >= 0.6 is 0 Å². The molecule has 0 bridgehead atoms. The minimum atomic E-state index is 0.935. The van der Waals surface area contributed by atoms with Crippen LogP contribution in [0, 0.1) is 5.92 Å². The van der Waals surface area contributed by atoms with Crippen molar-refractivity contribution in [3.63, 3.8) is 0 Å². The van der Waals surface area contributed by atoms with Crippen LogP contribution in [0.5, 0.6) is 0 Å². The molecule has 1 aromatic carbocycles. The van der Waals surface area contributed by atoms with Crippen molar-refractivity contribution < 1.29 is 0 Å². The zero-order chi connectivity index (χ0) is 18.3. The molecule has 0 spiro atoms. The van der Waals surface area contributed by atoms with Crippen molar-refractivity contribution in [3.8, 4) is 0 Å². The summed E-state index contributed by atoms with van der Waals surface area (Å²) in [7, 11) is 0. The number of rotatable bonds is 4. The predicted molar refractivity (Wildman–Crippen MR) is 113 cm³/mol. The average molecular weight is 348 g/mol. The predicted octanol–water partition coefficient (Wildman–Crippen LogP) is 4.64. The monoisotopic (exact) mass is 347 g/mol. The number of piperazine rings is 1. The Morgan fingerprint density at radius 1 is 0.920 bits per heavy atom. The number of benzene rings is 1. The first kappa shape index (κ1) is 22.0. The highest BCUT2D eigenvalue weighted by molar-refractivity contribution is 5.46. The summed E-state index contributed by atoms with van der Waals surface area (Å²) in [5.74, 6) is 0.935. The largest absolute Gasteiger partial charge is 0.372 e. The van der Waals surface area contributed by atoms with Gasteiger partial charge in [-0.1, -0.05) is 52.3 Å². The van der Waals surface area contributed by atoms with E-state index in [-0.39, 0.29) is 0 Å². The molecule has 0 atom stereocenters. The summed E-state index contributed by atoms with van der Waals surface area (Å²) in [6, 6.07) is 10.9. The van der Waals surface area contributed by atoms with E-state index in [4.69, 9.17) is 0 Å². The van der Waals surface area contributed by atoms with Crippen molar-refractivity contribution in [2.75, 3.05) is 50.7 Å². The van der Waals surface area contributed by atoms with Gasteiger partial charge in [-0.3, -0.25) is 0 Å². The summed E-state index contributed by atoms with van der Waals surface area (Å²) < 4.78 is 0. The lowest BCUT2D eigenvalue weighted by Crippen LogP contribution is -2.44. The van der Waals surface area contributed by atoms with Gasteiger partial charge in [0.15, 0.2) is 0 Å². The number of hydrogen-bond donors (Lipinski definition) is 1. The van der Waals surface area contributed by atoms with E-state index < -0.39 is 0 Å². The number of para-hydroxylation sites is 1. The van der Waals surface area contributed by atoms with Gasteiger partial charge in [0.1, 0.15) is 0 Å². The Kier molecular flexibility index (Phi) is 12.4. The molecule has 3 rings (SSSR count). The van der Waals surface area contributed by atoms with Gasteiger partial charge in [-0.25, -0.2) is 0 Å². The van der Waals surface area contributed by atoms with Gasteiger partial charge in [0, 0.05) is 45.0 Å². The van der Waals surface area contributed by atoms with Crippen molar-refractivity contribution in [2.45, 2.75) is 53.4 Å². The van der Waals surface area contributed by atoms with Crippen LogP contribution in [0.15, 0.2) is 30.3 Å². The Morgan fingerprint density at radius 3 is 2.04 bits per heavy atom. The van der Waals surface area contributed by atoms with Gasteiger partial charge in [0.05, 0.1) is 0 Å². The van der Waals surface area contributed by atoms with Crippen LogP contribution in [0.2, 0.25) is 0 Å². The number of piperidine rings is 1. The number of nitrogens with zero attached hydrogens (tertiary/aromatic N) is 2. The van der Waals surface area contributed by atoms with Crippen LogP contribution in [-0.2, 0) is 0 Å². The minimum absolute atomic E-state index is 0.935. The first-order chi connectivity index (χ1) is 12.3. The molecule has 0 aliphatic carbocycles. The van der Waals surface area contributed by atoms with Crippen molar-refractivity contribution in [3.05, 3.63) is 30.3 Å². The molecule has 2 aliphatic rings. The van der Waals surface area contributed by atoms with E-state index in [1.807, 2.05) is 13.8 Å². The number of nitrogens with one attached hydrogen (secondary N) is 1. The molecule has 1 aromatic rings. The van der Waals surface area contributed by atoms with E-state index in [2.05, 4.69) is 59.3 Å². The SMILES string of the molecule is CC.CCC.c1ccc(N2CCC(CCN3CCNCC3)CC2)cc1. The van der Waals surface area contributed by atoms with Gasteiger partial charge in [-0.05, 0) is 43.9 Å². The minimum Gasteiger partial charge on any atom is -0.372 e. The maximum Gasteiger partial charge on any atom is 0.0366 e. The lowest BCUT2D eigenvalue weighted by atomic mass is 9.93. The van der Waals surface area contributed by atoms with Crippen LogP contribution in [0.1, 0.15) is 53.4 Å². The molecule has 2 fully saturated rings. The number of anilines is 1. The van der Waals surface area contributed by atoms with Gasteiger partial charge in [-0.15, -0.1) is 0 Å². The Hall–Kier alpha value is -1.06. The fourth-order valence-electron chi connectivity index (χ4n) is 3.42. The zero-order valence-corrected chi connectivity index (χ0v) is 17.1. The molecule has 2 aliphatic heterocycles. The summed E-state index contributed by atoms with van der Waals surface area (Å²) in [5, 5.41) is 3.43. The Bertz CT molecular complexity index is 393. The van der Waals surface area contributed by atoms with E-state index in [1.165, 1.54) is 77.2 Å². The second-order valence-electron chi connectivity index (χ2n) is 6.85. The average Bonchev–Trinajstić information content (AvgIpc) is 2.70. The molecule has 0 saturated carbocycles. The van der Waals surface area contributed by atoms with Crippen LogP contribution in [0.4, 0.5) is 5.69 Å². The van der Waals surface area contributed by atoms with Gasteiger partial charge < -0.3 is 15.1 Å². The molecule has 0 unspecified atom stereocenters. The maximum atomic E-state index is 3.43. The van der Waals surface area contributed by atoms with Crippen molar-refractivity contribution >= 4 is 5.69 Å². The van der Waals surface area contributed by atoms with Gasteiger partial charge in [0.2, 0.25) is 0 Å². The molecule has 0 amide bonds. The Morgan fingerprint density at radius 2 is 1.48 bits per heavy atom. The van der Waals surface area contributed by atoms with E-state index >= 15 is 0 Å². The van der Waals surface area contributed by atoms with Gasteiger partial charge >= 0.3 is 0 Å². The van der Waals surface area contributed by atoms with E-state index in [0.29, 0.717) is 0 Å². The van der Waals surface area contributed by atoms with Gasteiger partial charge in [-0.2, -0.15) is 0 Å². The van der Waals surface area contributed by atoms with Crippen LogP contribution < -0.4 is 10.2 Å². The first-order valence-corrected chi connectivity index (χ1v) is 10.6. The summed E-state index contributed by atoms with van der Waals surface area (Å²) in [6.45, 7) is 16.8. The second kappa shape index (κ2) is 14.1. The molecule has 3 heteroatoms. The van der Waals surface area contributed by atoms with E-state index in [0.717, 1.165) is 5.92 Å². The molecule has 0 radical (unpaired) electrons. The Labute approximate surface area is 156 Å². The second-order valence-corrected chi connectivity index (χ2v) is 6.85.